The lowest BCUT2D eigenvalue weighted by Crippen LogP contribution is -2.14. The van der Waals surface area contributed by atoms with E-state index in [4.69, 9.17) is 0 Å². The van der Waals surface area contributed by atoms with E-state index in [1.165, 1.54) is 17.9 Å². The number of ether oxygens (including phenoxy) is 1. The van der Waals surface area contributed by atoms with E-state index in [1.807, 2.05) is 30.3 Å². The molecule has 0 aliphatic heterocycles. The van der Waals surface area contributed by atoms with Crippen LogP contribution in [-0.4, -0.2) is 34.7 Å². The third-order valence-corrected chi connectivity index (χ3v) is 4.10. The molecule has 1 heterocycles. The van der Waals surface area contributed by atoms with E-state index in [9.17, 15) is 14.4 Å². The van der Waals surface area contributed by atoms with Crippen LogP contribution in [0, 0.1) is 0 Å². The number of carbonyl (C=O) groups excluding carboxylic acids is 3. The monoisotopic (exact) mass is 392 g/mol. The molecule has 0 spiro atoms. The van der Waals surface area contributed by atoms with Gasteiger partial charge in [0.2, 0.25) is 5.91 Å². The van der Waals surface area contributed by atoms with Gasteiger partial charge in [0.25, 0.3) is 5.91 Å². The summed E-state index contributed by atoms with van der Waals surface area (Å²) in [4.78, 5) is 36.0. The van der Waals surface area contributed by atoms with Gasteiger partial charge in [0.1, 0.15) is 5.82 Å². The molecule has 0 radical (unpaired) electrons. The summed E-state index contributed by atoms with van der Waals surface area (Å²) in [5, 5.41) is 9.82. The molecule has 29 heavy (non-hydrogen) atoms. The van der Waals surface area contributed by atoms with Crippen LogP contribution in [-0.2, 0) is 9.53 Å². The van der Waals surface area contributed by atoms with Crippen LogP contribution in [0.5, 0.6) is 0 Å². The summed E-state index contributed by atoms with van der Waals surface area (Å²) < 4.78 is 6.15. The molecule has 0 saturated heterocycles. The first kappa shape index (κ1) is 19.8. The average Bonchev–Trinajstić information content (AvgIpc) is 3.18. The number of methoxy groups -OCH3 is 1. The lowest BCUT2D eigenvalue weighted by Gasteiger charge is -2.07. The second-order valence-corrected chi connectivity index (χ2v) is 6.09. The number of benzene rings is 2. The van der Waals surface area contributed by atoms with Crippen molar-refractivity contribution in [3.05, 3.63) is 71.9 Å². The Morgan fingerprint density at radius 3 is 2.31 bits per heavy atom. The van der Waals surface area contributed by atoms with Gasteiger partial charge in [0.05, 0.1) is 18.4 Å². The number of hydrogen-bond acceptors (Lipinski definition) is 5. The van der Waals surface area contributed by atoms with E-state index >= 15 is 0 Å². The zero-order valence-corrected chi connectivity index (χ0v) is 16.0. The van der Waals surface area contributed by atoms with Gasteiger partial charge in [-0.1, -0.05) is 25.1 Å². The number of amides is 2. The van der Waals surface area contributed by atoms with Gasteiger partial charge >= 0.3 is 5.97 Å². The summed E-state index contributed by atoms with van der Waals surface area (Å²) >= 11 is 0. The molecule has 0 aliphatic carbocycles. The molecule has 2 amide bonds. The van der Waals surface area contributed by atoms with Gasteiger partial charge in [0, 0.05) is 18.2 Å². The molecule has 148 valence electrons. The number of anilines is 2. The van der Waals surface area contributed by atoms with E-state index in [-0.39, 0.29) is 11.6 Å². The quantitative estimate of drug-likeness (QED) is 0.627. The van der Waals surface area contributed by atoms with Crippen molar-refractivity contribution in [3.63, 3.8) is 0 Å². The smallest absolute Gasteiger partial charge is 0.337 e. The van der Waals surface area contributed by atoms with Gasteiger partial charge in [-0.2, -0.15) is 5.10 Å². The number of esters is 1. The zero-order valence-electron chi connectivity index (χ0n) is 16.0. The number of rotatable bonds is 6. The molecule has 2 aromatic carbocycles. The number of aromatic nitrogens is 2. The Hall–Kier alpha value is -3.94. The zero-order chi connectivity index (χ0) is 20.8. The SMILES string of the molecule is CCC(=O)Nc1cc(C(=O)Nc2ccc(C(=O)OC)cc2)nn1-c1ccccc1. The third-order valence-electron chi connectivity index (χ3n) is 4.10. The largest absolute Gasteiger partial charge is 0.465 e. The first-order chi connectivity index (χ1) is 14.0. The molecule has 1 aromatic heterocycles. The second-order valence-electron chi connectivity index (χ2n) is 6.09. The molecule has 8 heteroatoms. The molecule has 0 atom stereocenters. The van der Waals surface area contributed by atoms with Crippen LogP contribution in [0.25, 0.3) is 5.69 Å². The minimum atomic E-state index is -0.458. The number of nitrogens with zero attached hydrogens (tertiary/aromatic N) is 2. The summed E-state index contributed by atoms with van der Waals surface area (Å²) in [7, 11) is 1.30. The predicted octanol–water partition coefficient (Wildman–Crippen LogP) is 3.26. The number of carbonyl (C=O) groups is 3. The molecule has 0 aliphatic rings. The Morgan fingerprint density at radius 2 is 1.69 bits per heavy atom. The van der Waals surface area contributed by atoms with Gasteiger partial charge in [-0.15, -0.1) is 0 Å². The fourth-order valence-electron chi connectivity index (χ4n) is 2.58. The third kappa shape index (κ3) is 4.67. The summed E-state index contributed by atoms with van der Waals surface area (Å²) in [5.74, 6) is -0.694. The fourth-order valence-corrected chi connectivity index (χ4v) is 2.58. The van der Waals surface area contributed by atoms with Crippen molar-refractivity contribution in [2.24, 2.45) is 0 Å². The molecule has 0 saturated carbocycles. The van der Waals surface area contributed by atoms with Crippen LogP contribution in [0.3, 0.4) is 0 Å². The Morgan fingerprint density at radius 1 is 1.00 bits per heavy atom. The van der Waals surface area contributed by atoms with Crippen LogP contribution < -0.4 is 10.6 Å². The molecule has 3 rings (SSSR count). The van der Waals surface area contributed by atoms with Crippen LogP contribution in [0.1, 0.15) is 34.2 Å². The molecule has 2 N–H and O–H groups in total. The van der Waals surface area contributed by atoms with Crippen LogP contribution in [0.2, 0.25) is 0 Å². The molecule has 0 unspecified atom stereocenters. The van der Waals surface area contributed by atoms with Crippen LogP contribution in [0.15, 0.2) is 60.7 Å². The van der Waals surface area contributed by atoms with E-state index in [2.05, 4.69) is 20.5 Å². The van der Waals surface area contributed by atoms with Gasteiger partial charge in [-0.05, 0) is 36.4 Å². The predicted molar refractivity (Wildman–Crippen MR) is 108 cm³/mol. The molecule has 0 bridgehead atoms. The fraction of sp³-hybridized carbons (Fsp3) is 0.143. The maximum Gasteiger partial charge on any atom is 0.337 e. The van der Waals surface area contributed by atoms with Gasteiger partial charge in [-0.25, -0.2) is 9.48 Å². The average molecular weight is 392 g/mol. The Labute approximate surface area is 167 Å². The van der Waals surface area contributed by atoms with Crippen molar-refractivity contribution in [1.29, 1.82) is 0 Å². The Bertz CT molecular complexity index is 1030. The minimum absolute atomic E-state index is 0.136. The van der Waals surface area contributed by atoms with Gasteiger partial charge in [-0.3, -0.25) is 9.59 Å². The molecular formula is C21H20N4O4. The van der Waals surface area contributed by atoms with Gasteiger partial charge in [0.15, 0.2) is 5.69 Å². The molecule has 8 nitrogen and oxygen atoms in total. The van der Waals surface area contributed by atoms with Crippen molar-refractivity contribution in [2.75, 3.05) is 17.7 Å². The highest BCUT2D eigenvalue weighted by Crippen LogP contribution is 2.19. The van der Waals surface area contributed by atoms with Crippen LogP contribution in [0.4, 0.5) is 11.5 Å². The van der Waals surface area contributed by atoms with Crippen LogP contribution >= 0.6 is 0 Å². The van der Waals surface area contributed by atoms with E-state index < -0.39 is 11.9 Å². The van der Waals surface area contributed by atoms with E-state index in [0.29, 0.717) is 29.2 Å². The second kappa shape index (κ2) is 8.83. The molecule has 0 fully saturated rings. The Balaban J connectivity index is 1.85. The first-order valence-electron chi connectivity index (χ1n) is 8.97. The van der Waals surface area contributed by atoms with Crippen molar-refractivity contribution in [1.82, 2.24) is 9.78 Å². The maximum absolute atomic E-state index is 12.6. The summed E-state index contributed by atoms with van der Waals surface area (Å²) in [6, 6.07) is 17.0. The first-order valence-corrected chi connectivity index (χ1v) is 8.97. The maximum atomic E-state index is 12.6. The highest BCUT2D eigenvalue weighted by molar-refractivity contribution is 6.04. The minimum Gasteiger partial charge on any atom is -0.465 e. The van der Waals surface area contributed by atoms with Gasteiger partial charge < -0.3 is 15.4 Å². The summed E-state index contributed by atoms with van der Waals surface area (Å²) in [6.07, 6.45) is 0.300. The normalized spacial score (nSPS) is 10.3. The standard InChI is InChI=1S/C21H20N4O4/c1-3-19(26)23-18-13-17(24-25(18)16-7-5-4-6-8-16)20(27)22-15-11-9-14(10-12-15)21(28)29-2/h4-13H,3H2,1-2H3,(H,22,27)(H,23,26). The summed E-state index contributed by atoms with van der Waals surface area (Å²) in [5.41, 5.74) is 1.72. The van der Waals surface area contributed by atoms with Crippen molar-refractivity contribution >= 4 is 29.3 Å². The summed E-state index contributed by atoms with van der Waals surface area (Å²) in [6.45, 7) is 1.74. The number of hydrogen-bond donors (Lipinski definition) is 2. The lowest BCUT2D eigenvalue weighted by molar-refractivity contribution is -0.115. The van der Waals surface area contributed by atoms with Crippen molar-refractivity contribution < 1.29 is 19.1 Å². The lowest BCUT2D eigenvalue weighted by atomic mass is 10.2. The highest BCUT2D eigenvalue weighted by atomic mass is 16.5. The van der Waals surface area contributed by atoms with Crippen molar-refractivity contribution in [3.8, 4) is 5.69 Å². The molecular weight excluding hydrogens is 372 g/mol. The number of nitrogens with one attached hydrogen (secondary N) is 2. The van der Waals surface area contributed by atoms with Crippen molar-refractivity contribution in [2.45, 2.75) is 13.3 Å². The topological polar surface area (TPSA) is 102 Å². The van der Waals surface area contributed by atoms with E-state index in [0.717, 1.165) is 0 Å². The molecule has 3 aromatic rings. The Kier molecular flexibility index (Phi) is 6.03. The number of para-hydroxylation sites is 1. The van der Waals surface area contributed by atoms with E-state index in [1.54, 1.807) is 31.2 Å². The highest BCUT2D eigenvalue weighted by Gasteiger charge is 2.17.